The lowest BCUT2D eigenvalue weighted by Gasteiger charge is -2.32. The molecule has 0 bridgehead atoms. The van der Waals surface area contributed by atoms with E-state index in [9.17, 15) is 13.9 Å². The number of halogens is 2. The number of aliphatic hydroxyl groups is 1. The standard InChI is InChI=1S/C20H23F2N3O2/c21-20(22)7-5-12(6-8-20)17(26)9-15-19-14(16-10-23-11-25(15)16)3-4-18(24-19)27-13-1-2-13/h3-4,10-13,15,17,26H,1-2,5-9H2. The van der Waals surface area contributed by atoms with Gasteiger partial charge >= 0.3 is 0 Å². The average molecular weight is 375 g/mol. The van der Waals surface area contributed by atoms with E-state index in [-0.39, 0.29) is 30.9 Å². The molecule has 5 rings (SSSR count). The van der Waals surface area contributed by atoms with E-state index in [1.54, 1.807) is 12.5 Å². The highest BCUT2D eigenvalue weighted by atomic mass is 19.3. The summed E-state index contributed by atoms with van der Waals surface area (Å²) in [5, 5.41) is 10.8. The maximum Gasteiger partial charge on any atom is 0.248 e. The summed E-state index contributed by atoms with van der Waals surface area (Å²) in [6, 6.07) is 3.75. The summed E-state index contributed by atoms with van der Waals surface area (Å²) >= 11 is 0. The van der Waals surface area contributed by atoms with Crippen molar-refractivity contribution in [2.45, 2.75) is 69.1 Å². The molecule has 1 N–H and O–H groups in total. The van der Waals surface area contributed by atoms with Crippen LogP contribution in [0.1, 0.15) is 56.7 Å². The smallest absolute Gasteiger partial charge is 0.248 e. The predicted octanol–water partition coefficient (Wildman–Crippen LogP) is 3.97. The normalized spacial score (nSPS) is 25.1. The molecule has 2 aliphatic carbocycles. The van der Waals surface area contributed by atoms with Crippen molar-refractivity contribution in [2.75, 3.05) is 0 Å². The third kappa shape index (κ3) is 3.22. The maximum atomic E-state index is 13.4. The van der Waals surface area contributed by atoms with Crippen LogP contribution in [0.4, 0.5) is 8.78 Å². The SMILES string of the molecule is OC(CC1c2nc(OC3CC3)ccc2-c2cncn21)C1CCC(F)(F)CC1. The number of pyridine rings is 1. The molecular weight excluding hydrogens is 352 g/mol. The minimum Gasteiger partial charge on any atom is -0.474 e. The molecule has 7 heteroatoms. The number of imidazole rings is 1. The molecule has 0 aromatic carbocycles. The van der Waals surface area contributed by atoms with Crippen molar-refractivity contribution in [3.8, 4) is 17.1 Å². The van der Waals surface area contributed by atoms with E-state index in [0.717, 1.165) is 29.8 Å². The summed E-state index contributed by atoms with van der Waals surface area (Å²) in [5.41, 5.74) is 2.86. The van der Waals surface area contributed by atoms with Crippen molar-refractivity contribution in [2.24, 2.45) is 5.92 Å². The van der Waals surface area contributed by atoms with Gasteiger partial charge in [-0.05, 0) is 37.7 Å². The molecular formula is C20H23F2N3O2. The van der Waals surface area contributed by atoms with Gasteiger partial charge in [0.25, 0.3) is 0 Å². The molecule has 144 valence electrons. The molecule has 0 saturated heterocycles. The van der Waals surface area contributed by atoms with Gasteiger partial charge in [-0.2, -0.15) is 0 Å². The van der Waals surface area contributed by atoms with Crippen LogP contribution in [-0.4, -0.2) is 37.8 Å². The van der Waals surface area contributed by atoms with E-state index in [1.165, 1.54) is 0 Å². The second-order valence-electron chi connectivity index (χ2n) is 8.10. The first-order chi connectivity index (χ1) is 13.0. The van der Waals surface area contributed by atoms with Gasteiger partial charge in [-0.3, -0.25) is 0 Å². The zero-order valence-corrected chi connectivity index (χ0v) is 15.0. The highest BCUT2D eigenvalue weighted by molar-refractivity contribution is 5.67. The molecule has 3 heterocycles. The molecule has 0 amide bonds. The van der Waals surface area contributed by atoms with Crippen LogP contribution in [0.15, 0.2) is 24.7 Å². The van der Waals surface area contributed by atoms with Crippen LogP contribution in [0, 0.1) is 5.92 Å². The molecule has 2 aromatic heterocycles. The van der Waals surface area contributed by atoms with Crippen molar-refractivity contribution in [1.82, 2.24) is 14.5 Å². The first-order valence-electron chi connectivity index (χ1n) is 9.76. The molecule has 2 atom stereocenters. The molecule has 27 heavy (non-hydrogen) atoms. The van der Waals surface area contributed by atoms with Crippen LogP contribution >= 0.6 is 0 Å². The summed E-state index contributed by atoms with van der Waals surface area (Å²) in [6.45, 7) is 0. The van der Waals surface area contributed by atoms with E-state index < -0.39 is 12.0 Å². The minimum absolute atomic E-state index is 0.0912. The van der Waals surface area contributed by atoms with E-state index in [4.69, 9.17) is 9.72 Å². The highest BCUT2D eigenvalue weighted by Gasteiger charge is 2.39. The highest BCUT2D eigenvalue weighted by Crippen LogP contribution is 2.44. The largest absolute Gasteiger partial charge is 0.474 e. The number of ether oxygens (including phenoxy) is 1. The van der Waals surface area contributed by atoms with E-state index in [1.807, 2.05) is 16.7 Å². The van der Waals surface area contributed by atoms with Crippen LogP contribution in [0.25, 0.3) is 11.3 Å². The Labute approximate surface area is 156 Å². The summed E-state index contributed by atoms with van der Waals surface area (Å²) < 4.78 is 34.7. The lowest BCUT2D eigenvalue weighted by molar-refractivity contribution is -0.0639. The molecule has 2 unspecified atom stereocenters. The Morgan fingerprint density at radius 2 is 2.00 bits per heavy atom. The number of hydrogen-bond acceptors (Lipinski definition) is 4. The van der Waals surface area contributed by atoms with Gasteiger partial charge in [0.1, 0.15) is 6.10 Å². The Bertz CT molecular complexity index is 840. The monoisotopic (exact) mass is 375 g/mol. The van der Waals surface area contributed by atoms with E-state index >= 15 is 0 Å². The first-order valence-corrected chi connectivity index (χ1v) is 9.76. The molecule has 0 spiro atoms. The first kappa shape index (κ1) is 17.1. The number of aliphatic hydroxyl groups excluding tert-OH is 1. The quantitative estimate of drug-likeness (QED) is 0.859. The fourth-order valence-electron chi connectivity index (χ4n) is 4.34. The number of alkyl halides is 2. The lowest BCUT2D eigenvalue weighted by atomic mass is 9.81. The Balaban J connectivity index is 1.37. The van der Waals surface area contributed by atoms with E-state index in [0.29, 0.717) is 25.1 Å². The Morgan fingerprint density at radius 1 is 1.22 bits per heavy atom. The Hall–Kier alpha value is -2.02. The average Bonchev–Trinajstić information content (AvgIpc) is 3.23. The second-order valence-corrected chi connectivity index (χ2v) is 8.10. The number of nitrogens with zero attached hydrogens (tertiary/aromatic N) is 3. The second kappa shape index (κ2) is 6.26. The molecule has 2 fully saturated rings. The number of hydrogen-bond donors (Lipinski definition) is 1. The maximum absolute atomic E-state index is 13.4. The Kier molecular flexibility index (Phi) is 3.96. The fourth-order valence-corrected chi connectivity index (χ4v) is 4.34. The third-order valence-corrected chi connectivity index (χ3v) is 6.08. The van der Waals surface area contributed by atoms with Crippen molar-refractivity contribution >= 4 is 0 Å². The molecule has 3 aliphatic rings. The molecule has 1 aliphatic heterocycles. The molecule has 5 nitrogen and oxygen atoms in total. The van der Waals surface area contributed by atoms with Crippen LogP contribution in [0.5, 0.6) is 5.88 Å². The van der Waals surface area contributed by atoms with Gasteiger partial charge < -0.3 is 14.4 Å². The van der Waals surface area contributed by atoms with Crippen LogP contribution in [0.3, 0.4) is 0 Å². The zero-order valence-electron chi connectivity index (χ0n) is 15.0. The van der Waals surface area contributed by atoms with Gasteiger partial charge in [0.05, 0.1) is 36.1 Å². The number of fused-ring (bicyclic) bond motifs is 3. The van der Waals surface area contributed by atoms with Gasteiger partial charge in [0.2, 0.25) is 11.8 Å². The molecule has 2 saturated carbocycles. The van der Waals surface area contributed by atoms with Crippen molar-refractivity contribution in [3.05, 3.63) is 30.4 Å². The van der Waals surface area contributed by atoms with Crippen molar-refractivity contribution < 1.29 is 18.6 Å². The predicted molar refractivity (Wildman–Crippen MR) is 94.8 cm³/mol. The number of aromatic nitrogens is 3. The lowest BCUT2D eigenvalue weighted by Crippen LogP contribution is -2.32. The molecule has 2 aromatic rings. The summed E-state index contributed by atoms with van der Waals surface area (Å²) in [7, 11) is 0. The zero-order chi connectivity index (χ0) is 18.6. The topological polar surface area (TPSA) is 60.2 Å². The minimum atomic E-state index is -2.58. The van der Waals surface area contributed by atoms with Gasteiger partial charge in [-0.1, -0.05) is 0 Å². The van der Waals surface area contributed by atoms with Crippen LogP contribution < -0.4 is 4.74 Å². The van der Waals surface area contributed by atoms with Crippen LogP contribution in [0.2, 0.25) is 0 Å². The Morgan fingerprint density at radius 3 is 2.74 bits per heavy atom. The summed E-state index contributed by atoms with van der Waals surface area (Å²) in [5.74, 6) is -2.05. The van der Waals surface area contributed by atoms with Crippen LogP contribution in [-0.2, 0) is 0 Å². The third-order valence-electron chi connectivity index (χ3n) is 6.08. The van der Waals surface area contributed by atoms with Crippen molar-refractivity contribution in [1.29, 1.82) is 0 Å². The summed E-state index contributed by atoms with van der Waals surface area (Å²) in [4.78, 5) is 8.96. The van der Waals surface area contributed by atoms with Gasteiger partial charge in [-0.25, -0.2) is 18.7 Å². The fraction of sp³-hybridized carbons (Fsp3) is 0.600. The summed E-state index contributed by atoms with van der Waals surface area (Å²) in [6.07, 6.45) is 6.23. The van der Waals surface area contributed by atoms with E-state index in [2.05, 4.69) is 4.98 Å². The van der Waals surface area contributed by atoms with Crippen molar-refractivity contribution in [3.63, 3.8) is 0 Å². The van der Waals surface area contributed by atoms with Gasteiger partial charge in [-0.15, -0.1) is 0 Å². The van der Waals surface area contributed by atoms with Gasteiger partial charge in [0.15, 0.2) is 0 Å². The van der Waals surface area contributed by atoms with Gasteiger partial charge in [0, 0.05) is 30.9 Å². The number of rotatable bonds is 5. The molecule has 0 radical (unpaired) electrons.